The van der Waals surface area contributed by atoms with Crippen LogP contribution in [0.4, 0.5) is 5.82 Å². The van der Waals surface area contributed by atoms with E-state index in [-0.39, 0.29) is 10.8 Å². The van der Waals surface area contributed by atoms with Gasteiger partial charge in [-0.05, 0) is 42.7 Å². The van der Waals surface area contributed by atoms with Crippen LogP contribution in [0, 0.1) is 0 Å². The molecule has 1 aliphatic heterocycles. The quantitative estimate of drug-likeness (QED) is 0.820. The minimum absolute atomic E-state index is 0.0361. The first kappa shape index (κ1) is 19.3. The van der Waals surface area contributed by atoms with Crippen LogP contribution < -0.4 is 5.32 Å². The molecule has 3 rings (SSSR count). The van der Waals surface area contributed by atoms with E-state index in [9.17, 15) is 13.2 Å². The second-order valence-corrected chi connectivity index (χ2v) is 8.68. The lowest BCUT2D eigenvalue weighted by Crippen LogP contribution is -2.27. The minimum atomic E-state index is -3.44. The summed E-state index contributed by atoms with van der Waals surface area (Å²) in [7, 11) is 0.00318. The lowest BCUT2D eigenvalue weighted by atomic mass is 10.1. The van der Waals surface area contributed by atoms with Crippen LogP contribution in [0.25, 0.3) is 0 Å². The Labute approximate surface area is 160 Å². The number of sulfonamides is 1. The van der Waals surface area contributed by atoms with Crippen molar-refractivity contribution in [2.24, 2.45) is 0 Å². The van der Waals surface area contributed by atoms with Crippen LogP contribution in [0.5, 0.6) is 0 Å². The Morgan fingerprint density at radius 3 is 2.33 bits per heavy atom. The number of nitrogens with one attached hydrogen (secondary N) is 1. The zero-order chi connectivity index (χ0) is 19.4. The van der Waals surface area contributed by atoms with Gasteiger partial charge in [0.05, 0.1) is 0 Å². The zero-order valence-corrected chi connectivity index (χ0v) is 16.4. The number of nitrogens with zero attached hydrogens (tertiary/aromatic N) is 3. The first-order valence-electron chi connectivity index (χ1n) is 8.88. The van der Waals surface area contributed by atoms with Crippen molar-refractivity contribution in [1.29, 1.82) is 0 Å². The molecule has 0 radical (unpaired) electrons. The molecule has 2 heterocycles. The first-order chi connectivity index (χ1) is 12.9. The van der Waals surface area contributed by atoms with E-state index >= 15 is 0 Å². The molecule has 0 spiro atoms. The molecule has 0 saturated carbocycles. The van der Waals surface area contributed by atoms with Gasteiger partial charge in [0.1, 0.15) is 10.7 Å². The lowest BCUT2D eigenvalue weighted by Gasteiger charge is -2.15. The highest BCUT2D eigenvalue weighted by atomic mass is 32.2. The van der Waals surface area contributed by atoms with Crippen LogP contribution in [0.1, 0.15) is 28.8 Å². The van der Waals surface area contributed by atoms with Gasteiger partial charge in [0.15, 0.2) is 0 Å². The Morgan fingerprint density at radius 1 is 1.11 bits per heavy atom. The van der Waals surface area contributed by atoms with E-state index in [1.165, 1.54) is 15.4 Å². The smallest absolute Gasteiger partial charge is 0.253 e. The fraction of sp³-hybridized carbons (Fsp3) is 0.368. The average Bonchev–Trinajstić information content (AvgIpc) is 3.22. The molecular formula is C19H24N4O3S. The number of benzene rings is 1. The number of carbonyl (C=O) groups is 1. The van der Waals surface area contributed by atoms with E-state index in [1.807, 2.05) is 12.1 Å². The van der Waals surface area contributed by atoms with Crippen molar-refractivity contribution in [3.8, 4) is 0 Å². The summed E-state index contributed by atoms with van der Waals surface area (Å²) in [4.78, 5) is 17.9. The van der Waals surface area contributed by atoms with Crippen LogP contribution in [0.3, 0.4) is 0 Å². The van der Waals surface area contributed by atoms with Crippen LogP contribution >= 0.6 is 0 Å². The number of anilines is 1. The molecule has 2 aromatic rings. The number of pyridine rings is 1. The van der Waals surface area contributed by atoms with Gasteiger partial charge < -0.3 is 10.2 Å². The molecule has 0 unspecified atom stereocenters. The highest BCUT2D eigenvalue weighted by Gasteiger charge is 2.27. The number of hydrogen-bond acceptors (Lipinski definition) is 5. The SMILES string of the molecule is CN(C)C(=O)c1ccc(CNc2ccc(S(=O)(=O)N3CCCC3)cn2)cc1. The Morgan fingerprint density at radius 2 is 1.78 bits per heavy atom. The van der Waals surface area contributed by atoms with Crippen molar-refractivity contribution in [1.82, 2.24) is 14.2 Å². The van der Waals surface area contributed by atoms with Gasteiger partial charge in [-0.15, -0.1) is 0 Å². The maximum atomic E-state index is 12.5. The summed E-state index contributed by atoms with van der Waals surface area (Å²) in [6.07, 6.45) is 3.21. The van der Waals surface area contributed by atoms with Crippen LogP contribution in [-0.2, 0) is 16.6 Å². The van der Waals surface area contributed by atoms with E-state index in [0.717, 1.165) is 18.4 Å². The highest BCUT2D eigenvalue weighted by molar-refractivity contribution is 7.89. The second kappa shape index (κ2) is 8.06. The van der Waals surface area contributed by atoms with Gasteiger partial charge in [0.25, 0.3) is 5.91 Å². The number of rotatable bonds is 6. The Hall–Kier alpha value is -2.45. The molecule has 0 bridgehead atoms. The maximum absolute atomic E-state index is 12.5. The summed E-state index contributed by atoms with van der Waals surface area (Å²) in [5.41, 5.74) is 1.64. The topological polar surface area (TPSA) is 82.6 Å². The maximum Gasteiger partial charge on any atom is 0.253 e. The molecule has 7 nitrogen and oxygen atoms in total. The van der Waals surface area contributed by atoms with E-state index in [0.29, 0.717) is 31.0 Å². The summed E-state index contributed by atoms with van der Waals surface area (Å²) in [5, 5.41) is 3.17. The normalized spacial score (nSPS) is 14.9. The molecule has 0 atom stereocenters. The summed E-state index contributed by atoms with van der Waals surface area (Å²) in [5.74, 6) is 0.565. The standard InChI is InChI=1S/C19H24N4O3S/c1-22(2)19(24)16-7-5-15(6-8-16)13-20-18-10-9-17(14-21-18)27(25,26)23-11-3-4-12-23/h5-10,14H,3-4,11-13H2,1-2H3,(H,20,21). The molecule has 0 aliphatic carbocycles. The molecule has 8 heteroatoms. The van der Waals surface area contributed by atoms with E-state index in [4.69, 9.17) is 0 Å². The molecule has 144 valence electrons. The minimum Gasteiger partial charge on any atom is -0.366 e. The van der Waals surface area contributed by atoms with Crippen molar-refractivity contribution >= 4 is 21.7 Å². The number of amides is 1. The molecule has 1 fully saturated rings. The summed E-state index contributed by atoms with van der Waals surface area (Å²) in [6.45, 7) is 1.69. The van der Waals surface area contributed by atoms with Gasteiger partial charge >= 0.3 is 0 Å². The molecule has 1 saturated heterocycles. The third kappa shape index (κ3) is 4.45. The molecule has 1 N–H and O–H groups in total. The molecule has 27 heavy (non-hydrogen) atoms. The number of aromatic nitrogens is 1. The lowest BCUT2D eigenvalue weighted by molar-refractivity contribution is 0.0827. The van der Waals surface area contributed by atoms with Crippen LogP contribution in [-0.4, -0.2) is 55.7 Å². The second-order valence-electron chi connectivity index (χ2n) is 6.74. The number of hydrogen-bond donors (Lipinski definition) is 1. The van der Waals surface area contributed by atoms with Gasteiger partial charge in [0, 0.05) is 45.5 Å². The first-order valence-corrected chi connectivity index (χ1v) is 10.3. The fourth-order valence-electron chi connectivity index (χ4n) is 2.93. The molecule has 1 aromatic carbocycles. The van der Waals surface area contributed by atoms with Crippen LogP contribution in [0.15, 0.2) is 47.5 Å². The van der Waals surface area contributed by atoms with Gasteiger partial charge in [-0.3, -0.25) is 4.79 Å². The summed E-state index contributed by atoms with van der Waals surface area (Å²) < 4.78 is 26.5. The Balaban J connectivity index is 1.61. The average molecular weight is 388 g/mol. The van der Waals surface area contributed by atoms with Gasteiger partial charge in [-0.25, -0.2) is 13.4 Å². The molecule has 1 aromatic heterocycles. The molecule has 1 aliphatic rings. The number of carbonyl (C=O) groups excluding carboxylic acids is 1. The fourth-order valence-corrected chi connectivity index (χ4v) is 4.39. The Kier molecular flexibility index (Phi) is 5.76. The predicted molar refractivity (Wildman–Crippen MR) is 104 cm³/mol. The summed E-state index contributed by atoms with van der Waals surface area (Å²) in [6, 6.07) is 10.6. The Bertz CT molecular complexity index is 888. The third-order valence-corrected chi connectivity index (χ3v) is 6.40. The molecular weight excluding hydrogens is 364 g/mol. The van der Waals surface area contributed by atoms with E-state index in [1.54, 1.807) is 38.4 Å². The van der Waals surface area contributed by atoms with Gasteiger partial charge in [0.2, 0.25) is 10.0 Å². The van der Waals surface area contributed by atoms with Crippen molar-refractivity contribution in [3.05, 3.63) is 53.7 Å². The molecule has 1 amide bonds. The largest absolute Gasteiger partial charge is 0.366 e. The highest BCUT2D eigenvalue weighted by Crippen LogP contribution is 2.21. The van der Waals surface area contributed by atoms with Crippen molar-refractivity contribution in [2.45, 2.75) is 24.3 Å². The zero-order valence-electron chi connectivity index (χ0n) is 15.6. The third-order valence-electron chi connectivity index (χ3n) is 4.52. The van der Waals surface area contributed by atoms with Gasteiger partial charge in [-0.2, -0.15) is 4.31 Å². The van der Waals surface area contributed by atoms with E-state index in [2.05, 4.69) is 10.3 Å². The van der Waals surface area contributed by atoms with Crippen LogP contribution in [0.2, 0.25) is 0 Å². The van der Waals surface area contributed by atoms with E-state index < -0.39 is 10.0 Å². The van der Waals surface area contributed by atoms with Crippen molar-refractivity contribution in [2.75, 3.05) is 32.5 Å². The van der Waals surface area contributed by atoms with Gasteiger partial charge in [-0.1, -0.05) is 12.1 Å². The predicted octanol–water partition coefficient (Wildman–Crippen LogP) is 2.18. The monoisotopic (exact) mass is 388 g/mol. The summed E-state index contributed by atoms with van der Waals surface area (Å²) >= 11 is 0. The van der Waals surface area contributed by atoms with Crippen molar-refractivity contribution in [3.63, 3.8) is 0 Å². The van der Waals surface area contributed by atoms with Crippen molar-refractivity contribution < 1.29 is 13.2 Å².